The molecular formula is C29H19ClF5N3O2. The third-order valence-electron chi connectivity index (χ3n) is 6.18. The molecular weight excluding hydrogens is 553 g/mol. The highest BCUT2D eigenvalue weighted by Crippen LogP contribution is 2.39. The van der Waals surface area contributed by atoms with Crippen molar-refractivity contribution in [1.29, 1.82) is 0 Å². The second-order valence-corrected chi connectivity index (χ2v) is 9.27. The zero-order valence-electron chi connectivity index (χ0n) is 20.7. The first-order chi connectivity index (χ1) is 19.0. The molecule has 1 heterocycles. The summed E-state index contributed by atoms with van der Waals surface area (Å²) < 4.78 is 74.8. The van der Waals surface area contributed by atoms with Crippen LogP contribution < -0.4 is 10.1 Å². The van der Waals surface area contributed by atoms with E-state index in [9.17, 15) is 26.7 Å². The third kappa shape index (κ3) is 5.48. The van der Waals surface area contributed by atoms with Crippen LogP contribution in [-0.4, -0.2) is 22.8 Å². The van der Waals surface area contributed by atoms with Gasteiger partial charge in [-0.15, -0.1) is 0 Å². The highest BCUT2D eigenvalue weighted by atomic mass is 35.5. The zero-order chi connectivity index (χ0) is 28.6. The van der Waals surface area contributed by atoms with Gasteiger partial charge in [-0.05, 0) is 66.2 Å². The van der Waals surface area contributed by atoms with Crippen molar-refractivity contribution in [3.05, 3.63) is 112 Å². The summed E-state index contributed by atoms with van der Waals surface area (Å²) in [6.07, 6.45) is -4.85. The minimum Gasteiger partial charge on any atom is -0.497 e. The number of methoxy groups -OCH3 is 1. The first-order valence-electron chi connectivity index (χ1n) is 11.8. The summed E-state index contributed by atoms with van der Waals surface area (Å²) in [5, 5.41) is 7.78. The van der Waals surface area contributed by atoms with Crippen LogP contribution in [0.3, 0.4) is 0 Å². The van der Waals surface area contributed by atoms with E-state index in [1.807, 2.05) is 12.1 Å². The molecule has 11 heteroatoms. The molecule has 5 aromatic rings. The topological polar surface area (TPSA) is 56.1 Å². The molecule has 0 saturated heterocycles. The molecule has 5 rings (SSSR count). The van der Waals surface area contributed by atoms with E-state index in [2.05, 4.69) is 10.4 Å². The van der Waals surface area contributed by atoms with Crippen LogP contribution in [-0.2, 0) is 12.7 Å². The van der Waals surface area contributed by atoms with Crippen molar-refractivity contribution in [3.8, 4) is 17.0 Å². The molecule has 0 saturated carbocycles. The summed E-state index contributed by atoms with van der Waals surface area (Å²) in [5.41, 5.74) is 0.211. The van der Waals surface area contributed by atoms with E-state index in [1.54, 1.807) is 36.1 Å². The number of anilines is 1. The van der Waals surface area contributed by atoms with E-state index >= 15 is 0 Å². The first kappa shape index (κ1) is 27.1. The fourth-order valence-corrected chi connectivity index (χ4v) is 4.54. The molecule has 1 amide bonds. The van der Waals surface area contributed by atoms with Crippen LogP contribution in [0.4, 0.5) is 27.6 Å². The number of aromatic nitrogens is 2. The van der Waals surface area contributed by atoms with Crippen molar-refractivity contribution in [2.24, 2.45) is 0 Å². The molecule has 5 nitrogen and oxygen atoms in total. The predicted octanol–water partition coefficient (Wildman–Crippen LogP) is 7.96. The molecule has 4 aromatic carbocycles. The maximum atomic E-state index is 14.4. The Hall–Kier alpha value is -4.44. The Kier molecular flexibility index (Phi) is 7.20. The Morgan fingerprint density at radius 1 is 0.975 bits per heavy atom. The number of hydrogen-bond donors (Lipinski definition) is 1. The van der Waals surface area contributed by atoms with E-state index in [0.717, 1.165) is 5.56 Å². The van der Waals surface area contributed by atoms with Crippen molar-refractivity contribution >= 4 is 34.1 Å². The number of nitrogens with zero attached hydrogens (tertiary/aromatic N) is 2. The van der Waals surface area contributed by atoms with Crippen molar-refractivity contribution in [3.63, 3.8) is 0 Å². The summed E-state index contributed by atoms with van der Waals surface area (Å²) in [4.78, 5) is 13.0. The van der Waals surface area contributed by atoms with Crippen LogP contribution in [0.1, 0.15) is 21.5 Å². The van der Waals surface area contributed by atoms with E-state index in [-0.39, 0.29) is 22.8 Å². The van der Waals surface area contributed by atoms with Gasteiger partial charge in [0.15, 0.2) is 0 Å². The number of hydrogen-bond acceptors (Lipinski definition) is 3. The van der Waals surface area contributed by atoms with Crippen LogP contribution in [0.25, 0.3) is 22.2 Å². The maximum absolute atomic E-state index is 14.4. The zero-order valence-corrected chi connectivity index (χ0v) is 21.4. The number of benzene rings is 4. The predicted molar refractivity (Wildman–Crippen MR) is 142 cm³/mol. The lowest BCUT2D eigenvalue weighted by molar-refractivity contribution is -0.137. The molecule has 0 atom stereocenters. The molecule has 0 fully saturated rings. The minimum absolute atomic E-state index is 0.164. The molecule has 0 radical (unpaired) electrons. The smallest absolute Gasteiger partial charge is 0.416 e. The highest BCUT2D eigenvalue weighted by molar-refractivity contribution is 6.33. The lowest BCUT2D eigenvalue weighted by atomic mass is 10.0. The number of carbonyl (C=O) groups excluding carboxylic acids is 1. The van der Waals surface area contributed by atoms with Crippen LogP contribution >= 0.6 is 11.6 Å². The molecule has 0 aliphatic rings. The van der Waals surface area contributed by atoms with Gasteiger partial charge in [-0.25, -0.2) is 8.78 Å². The van der Waals surface area contributed by atoms with Gasteiger partial charge in [-0.3, -0.25) is 9.48 Å². The number of alkyl halides is 3. The number of nitrogens with one attached hydrogen (secondary N) is 1. The molecule has 0 aliphatic carbocycles. The molecule has 204 valence electrons. The standard InChI is InChI=1S/C29H19ClF5N3O2/c1-40-21-8-5-16(6-9-21)15-38-27(22-14-19(31)7-10-23(22)30)26-24(3-2-4-25(26)37-38)36-28(39)17-11-18(29(33,34)35)13-20(32)12-17/h2-14H,15H2,1H3,(H,36,39). The normalized spacial score (nSPS) is 11.6. The monoisotopic (exact) mass is 571 g/mol. The molecule has 0 aliphatic heterocycles. The Balaban J connectivity index is 1.64. The van der Waals surface area contributed by atoms with Crippen molar-refractivity contribution in [1.82, 2.24) is 9.78 Å². The van der Waals surface area contributed by atoms with Gasteiger partial charge in [0.1, 0.15) is 17.4 Å². The van der Waals surface area contributed by atoms with Gasteiger partial charge in [0.05, 0.1) is 46.5 Å². The van der Waals surface area contributed by atoms with E-state index < -0.39 is 34.8 Å². The van der Waals surface area contributed by atoms with Gasteiger partial charge < -0.3 is 10.1 Å². The molecule has 1 N–H and O–H groups in total. The van der Waals surface area contributed by atoms with Gasteiger partial charge >= 0.3 is 6.18 Å². The molecule has 1 aromatic heterocycles. The fraction of sp³-hybridized carbons (Fsp3) is 0.103. The second-order valence-electron chi connectivity index (χ2n) is 8.86. The summed E-state index contributed by atoms with van der Waals surface area (Å²) in [5.74, 6) is -2.10. The van der Waals surface area contributed by atoms with Crippen molar-refractivity contribution in [2.75, 3.05) is 12.4 Å². The number of fused-ring (bicyclic) bond motifs is 1. The van der Waals surface area contributed by atoms with Gasteiger partial charge in [0.2, 0.25) is 0 Å². The Morgan fingerprint density at radius 2 is 1.73 bits per heavy atom. The van der Waals surface area contributed by atoms with Crippen LogP contribution in [0.5, 0.6) is 5.75 Å². The lowest BCUT2D eigenvalue weighted by Gasteiger charge is -2.13. The highest BCUT2D eigenvalue weighted by Gasteiger charge is 2.32. The Bertz CT molecular complexity index is 1730. The summed E-state index contributed by atoms with van der Waals surface area (Å²) in [6.45, 7) is 0.229. The van der Waals surface area contributed by atoms with Gasteiger partial charge in [-0.1, -0.05) is 29.8 Å². The lowest BCUT2D eigenvalue weighted by Crippen LogP contribution is -2.15. The average Bonchev–Trinajstić information content (AvgIpc) is 3.28. The number of halogens is 6. The van der Waals surface area contributed by atoms with Crippen molar-refractivity contribution < 1.29 is 31.5 Å². The SMILES string of the molecule is COc1ccc(Cn2nc3cccc(NC(=O)c4cc(F)cc(C(F)(F)F)c4)c3c2-c2cc(F)ccc2Cl)cc1. The largest absolute Gasteiger partial charge is 0.497 e. The van der Waals surface area contributed by atoms with E-state index in [1.165, 1.54) is 24.3 Å². The third-order valence-corrected chi connectivity index (χ3v) is 6.51. The molecule has 0 spiro atoms. The number of amides is 1. The van der Waals surface area contributed by atoms with E-state index in [4.69, 9.17) is 16.3 Å². The Morgan fingerprint density at radius 3 is 2.42 bits per heavy atom. The number of carbonyl (C=O) groups is 1. The van der Waals surface area contributed by atoms with Crippen LogP contribution in [0.15, 0.2) is 78.9 Å². The summed E-state index contributed by atoms with van der Waals surface area (Å²) in [7, 11) is 1.54. The molecule has 0 bridgehead atoms. The van der Waals surface area contributed by atoms with Gasteiger partial charge in [-0.2, -0.15) is 18.3 Å². The minimum atomic E-state index is -4.85. The van der Waals surface area contributed by atoms with Crippen LogP contribution in [0, 0.1) is 11.6 Å². The average molecular weight is 572 g/mol. The molecule has 40 heavy (non-hydrogen) atoms. The number of ether oxygens (including phenoxy) is 1. The van der Waals surface area contributed by atoms with E-state index in [0.29, 0.717) is 40.5 Å². The Labute approximate surface area is 229 Å². The van der Waals surface area contributed by atoms with Gasteiger partial charge in [0.25, 0.3) is 5.91 Å². The molecule has 0 unspecified atom stereocenters. The summed E-state index contributed by atoms with van der Waals surface area (Å²) in [6, 6.07) is 17.4. The second kappa shape index (κ2) is 10.6. The van der Waals surface area contributed by atoms with Crippen molar-refractivity contribution in [2.45, 2.75) is 12.7 Å². The quantitative estimate of drug-likeness (QED) is 0.210. The first-order valence-corrected chi connectivity index (χ1v) is 12.2. The fourth-order valence-electron chi connectivity index (χ4n) is 4.34. The number of rotatable bonds is 6. The summed E-state index contributed by atoms with van der Waals surface area (Å²) >= 11 is 6.47. The van der Waals surface area contributed by atoms with Gasteiger partial charge in [0, 0.05) is 11.1 Å². The van der Waals surface area contributed by atoms with Crippen LogP contribution in [0.2, 0.25) is 5.02 Å². The maximum Gasteiger partial charge on any atom is 0.416 e.